The van der Waals surface area contributed by atoms with Crippen LogP contribution in [-0.2, 0) is 9.59 Å². The Kier molecular flexibility index (Phi) is 5.88. The summed E-state index contributed by atoms with van der Waals surface area (Å²) in [5, 5.41) is 2.52. The summed E-state index contributed by atoms with van der Waals surface area (Å²) >= 11 is 0. The Bertz CT molecular complexity index is 182. The van der Waals surface area contributed by atoms with Crippen LogP contribution in [0, 0.1) is 0 Å². The number of rotatable bonds is 6. The van der Waals surface area contributed by atoms with E-state index < -0.39 is 11.9 Å². The molecule has 0 heterocycles. The molecule has 0 fully saturated rings. The van der Waals surface area contributed by atoms with Crippen LogP contribution in [0.5, 0.6) is 0 Å². The fourth-order valence-corrected chi connectivity index (χ4v) is 0.946. The molecule has 0 aliphatic carbocycles. The van der Waals surface area contributed by atoms with Gasteiger partial charge in [-0.15, -0.1) is 0 Å². The minimum absolute atomic E-state index is 0.153. The van der Waals surface area contributed by atoms with E-state index in [1.165, 1.54) is 0 Å². The van der Waals surface area contributed by atoms with Crippen LogP contribution in [0.2, 0.25) is 0 Å². The molecule has 1 atom stereocenters. The van der Waals surface area contributed by atoms with Crippen molar-refractivity contribution < 1.29 is 9.59 Å². The van der Waals surface area contributed by atoms with Crippen LogP contribution in [-0.4, -0.2) is 24.4 Å². The standard InChI is InChI=1S/C8H17N3O2/c1-2-3-7(12)11-6(4-5-9)8(10)13/h6H,2-5,9H2,1H3,(H2,10,13)(H,11,12). The zero-order valence-electron chi connectivity index (χ0n) is 7.88. The van der Waals surface area contributed by atoms with E-state index in [0.717, 1.165) is 6.42 Å². The highest BCUT2D eigenvalue weighted by atomic mass is 16.2. The van der Waals surface area contributed by atoms with Crippen molar-refractivity contribution >= 4 is 11.8 Å². The maximum Gasteiger partial charge on any atom is 0.240 e. The Morgan fingerprint density at radius 2 is 2.08 bits per heavy atom. The van der Waals surface area contributed by atoms with Gasteiger partial charge in [-0.1, -0.05) is 6.92 Å². The van der Waals surface area contributed by atoms with Crippen molar-refractivity contribution in [2.45, 2.75) is 32.2 Å². The van der Waals surface area contributed by atoms with E-state index in [0.29, 0.717) is 19.4 Å². The molecule has 0 aliphatic rings. The van der Waals surface area contributed by atoms with Gasteiger partial charge in [-0.3, -0.25) is 9.59 Å². The lowest BCUT2D eigenvalue weighted by molar-refractivity contribution is -0.127. The predicted molar refractivity (Wildman–Crippen MR) is 49.7 cm³/mol. The first kappa shape index (κ1) is 11.9. The highest BCUT2D eigenvalue weighted by Crippen LogP contribution is 1.92. The molecule has 5 heteroatoms. The number of primary amides is 1. The van der Waals surface area contributed by atoms with Crippen LogP contribution >= 0.6 is 0 Å². The summed E-state index contributed by atoms with van der Waals surface area (Å²) in [5.74, 6) is -0.686. The van der Waals surface area contributed by atoms with Crippen LogP contribution in [0.4, 0.5) is 0 Å². The van der Waals surface area contributed by atoms with Gasteiger partial charge in [0.1, 0.15) is 6.04 Å². The van der Waals surface area contributed by atoms with Gasteiger partial charge in [-0.05, 0) is 19.4 Å². The van der Waals surface area contributed by atoms with Crippen molar-refractivity contribution in [1.82, 2.24) is 5.32 Å². The average Bonchev–Trinajstić information content (AvgIpc) is 2.04. The second-order valence-corrected chi connectivity index (χ2v) is 2.85. The monoisotopic (exact) mass is 187 g/mol. The fraction of sp³-hybridized carbons (Fsp3) is 0.750. The highest BCUT2D eigenvalue weighted by molar-refractivity contribution is 5.86. The van der Waals surface area contributed by atoms with Crippen molar-refractivity contribution in [2.24, 2.45) is 11.5 Å². The fourth-order valence-electron chi connectivity index (χ4n) is 0.946. The Hall–Kier alpha value is -1.10. The van der Waals surface area contributed by atoms with Crippen LogP contribution in [0.25, 0.3) is 0 Å². The smallest absolute Gasteiger partial charge is 0.240 e. The Morgan fingerprint density at radius 1 is 1.46 bits per heavy atom. The summed E-state index contributed by atoms with van der Waals surface area (Å²) in [4.78, 5) is 21.9. The minimum atomic E-state index is -0.621. The van der Waals surface area contributed by atoms with Gasteiger partial charge in [0.25, 0.3) is 0 Å². The van der Waals surface area contributed by atoms with E-state index in [1.54, 1.807) is 0 Å². The minimum Gasteiger partial charge on any atom is -0.368 e. The van der Waals surface area contributed by atoms with Crippen LogP contribution in [0.15, 0.2) is 0 Å². The quantitative estimate of drug-likeness (QED) is 0.503. The zero-order chi connectivity index (χ0) is 10.3. The Labute approximate surface area is 77.8 Å². The van der Waals surface area contributed by atoms with E-state index in [-0.39, 0.29) is 5.91 Å². The number of carbonyl (C=O) groups excluding carboxylic acids is 2. The van der Waals surface area contributed by atoms with Crippen LogP contribution in [0.3, 0.4) is 0 Å². The molecule has 2 amide bonds. The second kappa shape index (κ2) is 6.42. The van der Waals surface area contributed by atoms with Crippen molar-refractivity contribution in [3.8, 4) is 0 Å². The predicted octanol–water partition coefficient (Wildman–Crippen LogP) is -0.895. The number of carbonyl (C=O) groups is 2. The summed E-state index contributed by atoms with van der Waals surface area (Å²) in [6.45, 7) is 2.22. The van der Waals surface area contributed by atoms with Crippen molar-refractivity contribution in [3.63, 3.8) is 0 Å². The molecule has 0 saturated heterocycles. The number of nitrogens with two attached hydrogens (primary N) is 2. The molecular weight excluding hydrogens is 170 g/mol. The number of nitrogens with one attached hydrogen (secondary N) is 1. The lowest BCUT2D eigenvalue weighted by Crippen LogP contribution is -2.45. The molecule has 0 bridgehead atoms. The maximum absolute atomic E-state index is 11.1. The largest absolute Gasteiger partial charge is 0.368 e. The molecule has 0 aromatic heterocycles. The highest BCUT2D eigenvalue weighted by Gasteiger charge is 2.15. The number of hydrogen-bond acceptors (Lipinski definition) is 3. The molecule has 0 radical (unpaired) electrons. The third kappa shape index (κ3) is 5.19. The first-order chi connectivity index (χ1) is 6.11. The number of amides is 2. The van der Waals surface area contributed by atoms with Crippen molar-refractivity contribution in [2.75, 3.05) is 6.54 Å². The van der Waals surface area contributed by atoms with Gasteiger partial charge in [0.2, 0.25) is 11.8 Å². The van der Waals surface area contributed by atoms with E-state index in [1.807, 2.05) is 6.92 Å². The topological polar surface area (TPSA) is 98.2 Å². The molecule has 0 rings (SSSR count). The number of hydrogen-bond donors (Lipinski definition) is 3. The second-order valence-electron chi connectivity index (χ2n) is 2.85. The Balaban J connectivity index is 3.94. The molecular formula is C8H17N3O2. The van der Waals surface area contributed by atoms with Gasteiger partial charge in [-0.2, -0.15) is 0 Å². The summed E-state index contributed by atoms with van der Waals surface area (Å²) in [6.07, 6.45) is 1.55. The van der Waals surface area contributed by atoms with Gasteiger partial charge in [0, 0.05) is 6.42 Å². The molecule has 13 heavy (non-hydrogen) atoms. The normalized spacial score (nSPS) is 12.2. The molecule has 0 spiro atoms. The van der Waals surface area contributed by atoms with Gasteiger partial charge in [-0.25, -0.2) is 0 Å². The summed E-state index contributed by atoms with van der Waals surface area (Å²) in [7, 11) is 0. The lowest BCUT2D eigenvalue weighted by atomic mass is 10.2. The van der Waals surface area contributed by atoms with E-state index in [4.69, 9.17) is 11.5 Å². The van der Waals surface area contributed by atoms with Crippen molar-refractivity contribution in [3.05, 3.63) is 0 Å². The van der Waals surface area contributed by atoms with Crippen molar-refractivity contribution in [1.29, 1.82) is 0 Å². The molecule has 0 aromatic rings. The summed E-state index contributed by atoms with van der Waals surface area (Å²) < 4.78 is 0. The van der Waals surface area contributed by atoms with E-state index in [2.05, 4.69) is 5.32 Å². The third-order valence-electron chi connectivity index (χ3n) is 1.61. The SMILES string of the molecule is CCCC(=O)NC(CCN)C(N)=O. The molecule has 76 valence electrons. The van der Waals surface area contributed by atoms with Crippen LogP contribution in [0.1, 0.15) is 26.2 Å². The molecule has 1 unspecified atom stereocenters. The average molecular weight is 187 g/mol. The molecule has 0 aromatic carbocycles. The molecule has 0 aliphatic heterocycles. The Morgan fingerprint density at radius 3 is 2.46 bits per heavy atom. The van der Waals surface area contributed by atoms with Gasteiger partial charge >= 0.3 is 0 Å². The van der Waals surface area contributed by atoms with E-state index >= 15 is 0 Å². The molecule has 5 N–H and O–H groups in total. The first-order valence-electron chi connectivity index (χ1n) is 4.40. The maximum atomic E-state index is 11.1. The van der Waals surface area contributed by atoms with Gasteiger partial charge in [0.05, 0.1) is 0 Å². The first-order valence-corrected chi connectivity index (χ1v) is 4.40. The summed E-state index contributed by atoms with van der Waals surface area (Å²) in [6, 6.07) is -0.621. The van der Waals surface area contributed by atoms with Gasteiger partial charge < -0.3 is 16.8 Å². The van der Waals surface area contributed by atoms with Crippen LogP contribution < -0.4 is 16.8 Å². The third-order valence-corrected chi connectivity index (χ3v) is 1.61. The summed E-state index contributed by atoms with van der Waals surface area (Å²) in [5.41, 5.74) is 10.3. The lowest BCUT2D eigenvalue weighted by Gasteiger charge is -2.13. The molecule has 5 nitrogen and oxygen atoms in total. The van der Waals surface area contributed by atoms with E-state index in [9.17, 15) is 9.59 Å². The molecule has 0 saturated carbocycles. The van der Waals surface area contributed by atoms with Gasteiger partial charge in [0.15, 0.2) is 0 Å². The zero-order valence-corrected chi connectivity index (χ0v) is 7.88.